The third-order valence-electron chi connectivity index (χ3n) is 1.43. The van der Waals surface area contributed by atoms with Gasteiger partial charge in [0, 0.05) is 0 Å². The molecule has 0 aliphatic heterocycles. The Balaban J connectivity index is 3.46. The Morgan fingerprint density at radius 2 is 1.91 bits per heavy atom. The number of benzene rings is 1. The van der Waals surface area contributed by atoms with E-state index in [2.05, 4.69) is 0 Å². The highest BCUT2D eigenvalue weighted by Gasteiger charge is 2.12. The molecule has 0 atom stereocenters. The predicted molar refractivity (Wildman–Crippen MR) is 37.2 cm³/mol. The van der Waals surface area contributed by atoms with Gasteiger partial charge in [-0.2, -0.15) is 4.39 Å². The molecule has 0 heterocycles. The third-order valence-corrected chi connectivity index (χ3v) is 1.43. The Hall–Kier alpha value is -1.32. The molecule has 0 radical (unpaired) electrons. The zero-order valence-electron chi connectivity index (χ0n) is 5.86. The molecule has 2 nitrogen and oxygen atoms in total. The lowest BCUT2D eigenvalue weighted by atomic mass is 10.2. The number of anilines is 1. The molecule has 0 unspecified atom stereocenters. The van der Waals surface area contributed by atoms with Gasteiger partial charge in [0.1, 0.15) is 0 Å². The molecular weight excluding hydrogens is 152 g/mol. The quantitative estimate of drug-likeness (QED) is 0.445. The largest absolute Gasteiger partial charge is 0.505 e. The minimum absolute atomic E-state index is 0.264. The smallest absolute Gasteiger partial charge is 0.202 e. The summed E-state index contributed by atoms with van der Waals surface area (Å²) in [7, 11) is 0. The molecule has 0 aromatic heterocycles. The molecule has 60 valence electrons. The van der Waals surface area contributed by atoms with Crippen molar-refractivity contribution in [3.8, 4) is 5.75 Å². The van der Waals surface area contributed by atoms with Crippen LogP contribution < -0.4 is 5.73 Å². The lowest BCUT2D eigenvalue weighted by molar-refractivity contribution is 0.407. The van der Waals surface area contributed by atoms with Crippen molar-refractivity contribution in [3.63, 3.8) is 0 Å². The van der Waals surface area contributed by atoms with Gasteiger partial charge in [0.25, 0.3) is 0 Å². The fraction of sp³-hybridized carbons (Fsp3) is 0.143. The first-order valence-electron chi connectivity index (χ1n) is 2.97. The molecular formula is C7H7F2NO. The lowest BCUT2D eigenvalue weighted by Crippen LogP contribution is -1.97. The van der Waals surface area contributed by atoms with Gasteiger partial charge < -0.3 is 10.8 Å². The predicted octanol–water partition coefficient (Wildman–Crippen LogP) is 1.56. The summed E-state index contributed by atoms with van der Waals surface area (Å²) in [6, 6.07) is 1.08. The van der Waals surface area contributed by atoms with E-state index >= 15 is 0 Å². The number of phenols is 1. The van der Waals surface area contributed by atoms with E-state index in [1.54, 1.807) is 0 Å². The molecule has 1 aromatic rings. The van der Waals surface area contributed by atoms with Crippen LogP contribution in [0.4, 0.5) is 14.5 Å². The van der Waals surface area contributed by atoms with Gasteiger partial charge in [-0.1, -0.05) is 0 Å². The SMILES string of the molecule is Cc1cc(O)c(F)c(F)c1N. The van der Waals surface area contributed by atoms with E-state index < -0.39 is 17.4 Å². The van der Waals surface area contributed by atoms with Crippen molar-refractivity contribution in [2.24, 2.45) is 0 Å². The van der Waals surface area contributed by atoms with Crippen LogP contribution in [0.3, 0.4) is 0 Å². The Kier molecular flexibility index (Phi) is 1.68. The maximum absolute atomic E-state index is 12.6. The molecule has 0 aliphatic carbocycles. The third kappa shape index (κ3) is 1.11. The van der Waals surface area contributed by atoms with E-state index in [0.717, 1.165) is 6.07 Å². The summed E-state index contributed by atoms with van der Waals surface area (Å²) in [5, 5.41) is 8.73. The minimum Gasteiger partial charge on any atom is -0.505 e. The molecule has 0 bridgehead atoms. The van der Waals surface area contributed by atoms with Gasteiger partial charge in [0.05, 0.1) is 5.69 Å². The van der Waals surface area contributed by atoms with Crippen molar-refractivity contribution in [1.29, 1.82) is 0 Å². The number of halogens is 2. The van der Waals surface area contributed by atoms with Gasteiger partial charge in [0.2, 0.25) is 5.82 Å². The highest BCUT2D eigenvalue weighted by atomic mass is 19.2. The molecule has 0 aliphatic rings. The summed E-state index contributed by atoms with van der Waals surface area (Å²) < 4.78 is 25.1. The molecule has 0 fully saturated rings. The first-order chi connectivity index (χ1) is 5.04. The molecule has 11 heavy (non-hydrogen) atoms. The summed E-state index contributed by atoms with van der Waals surface area (Å²) in [6.45, 7) is 1.48. The van der Waals surface area contributed by atoms with Crippen molar-refractivity contribution in [1.82, 2.24) is 0 Å². The van der Waals surface area contributed by atoms with Crippen LogP contribution in [0, 0.1) is 18.6 Å². The van der Waals surface area contributed by atoms with E-state index in [1.807, 2.05) is 0 Å². The fourth-order valence-corrected chi connectivity index (χ4v) is 0.750. The Bertz CT molecular complexity index is 273. The highest BCUT2D eigenvalue weighted by molar-refractivity contribution is 5.51. The number of hydrogen-bond donors (Lipinski definition) is 2. The van der Waals surface area contributed by atoms with Crippen LogP contribution in [-0.2, 0) is 0 Å². The Morgan fingerprint density at radius 1 is 1.36 bits per heavy atom. The molecule has 3 N–H and O–H groups in total. The molecule has 0 spiro atoms. The van der Waals surface area contributed by atoms with Gasteiger partial charge in [-0.05, 0) is 18.6 Å². The number of aryl methyl sites for hydroxylation is 1. The monoisotopic (exact) mass is 159 g/mol. The summed E-state index contributed by atoms with van der Waals surface area (Å²) in [5.41, 5.74) is 5.18. The Labute approximate surface area is 62.3 Å². The molecule has 4 heteroatoms. The van der Waals surface area contributed by atoms with Crippen molar-refractivity contribution in [2.75, 3.05) is 5.73 Å². The molecule has 1 aromatic carbocycles. The lowest BCUT2D eigenvalue weighted by Gasteiger charge is -2.03. The second-order valence-electron chi connectivity index (χ2n) is 2.25. The van der Waals surface area contributed by atoms with E-state index in [0.29, 0.717) is 5.56 Å². The van der Waals surface area contributed by atoms with E-state index in [4.69, 9.17) is 10.8 Å². The van der Waals surface area contributed by atoms with Crippen LogP contribution in [0.15, 0.2) is 6.07 Å². The first kappa shape index (κ1) is 7.78. The van der Waals surface area contributed by atoms with Crippen molar-refractivity contribution in [2.45, 2.75) is 6.92 Å². The molecule has 0 saturated heterocycles. The van der Waals surface area contributed by atoms with Crippen molar-refractivity contribution in [3.05, 3.63) is 23.3 Å². The van der Waals surface area contributed by atoms with E-state index in [9.17, 15) is 8.78 Å². The maximum Gasteiger partial charge on any atom is 0.202 e. The van der Waals surface area contributed by atoms with Gasteiger partial charge in [-0.25, -0.2) is 4.39 Å². The average Bonchev–Trinajstić information content (AvgIpc) is 1.97. The van der Waals surface area contributed by atoms with E-state index in [-0.39, 0.29) is 5.69 Å². The van der Waals surface area contributed by atoms with Crippen LogP contribution in [0.2, 0.25) is 0 Å². The molecule has 1 rings (SSSR count). The van der Waals surface area contributed by atoms with E-state index in [1.165, 1.54) is 6.92 Å². The molecule has 0 amide bonds. The summed E-state index contributed by atoms with van der Waals surface area (Å²) in [5.74, 6) is -3.20. The van der Waals surface area contributed by atoms with Crippen LogP contribution in [-0.4, -0.2) is 5.11 Å². The normalized spacial score (nSPS) is 10.1. The van der Waals surface area contributed by atoms with Gasteiger partial charge in [-0.15, -0.1) is 0 Å². The fourth-order valence-electron chi connectivity index (χ4n) is 0.750. The van der Waals surface area contributed by atoms with Crippen LogP contribution in [0.1, 0.15) is 5.56 Å². The number of phenolic OH excluding ortho intramolecular Hbond substituents is 1. The topological polar surface area (TPSA) is 46.2 Å². The van der Waals surface area contributed by atoms with Gasteiger partial charge in [0.15, 0.2) is 11.6 Å². The summed E-state index contributed by atoms with van der Waals surface area (Å²) in [4.78, 5) is 0. The van der Waals surface area contributed by atoms with Crippen molar-refractivity contribution < 1.29 is 13.9 Å². The van der Waals surface area contributed by atoms with Gasteiger partial charge in [-0.3, -0.25) is 0 Å². The minimum atomic E-state index is -1.30. The number of hydrogen-bond acceptors (Lipinski definition) is 2. The first-order valence-corrected chi connectivity index (χ1v) is 2.97. The second kappa shape index (κ2) is 2.38. The Morgan fingerprint density at radius 3 is 2.45 bits per heavy atom. The summed E-state index contributed by atoms with van der Waals surface area (Å²) >= 11 is 0. The zero-order valence-corrected chi connectivity index (χ0v) is 5.86. The zero-order chi connectivity index (χ0) is 8.59. The van der Waals surface area contributed by atoms with Gasteiger partial charge >= 0.3 is 0 Å². The average molecular weight is 159 g/mol. The second-order valence-corrected chi connectivity index (χ2v) is 2.25. The standard InChI is InChI=1S/C7H7F2NO/c1-3-2-4(11)5(8)6(9)7(3)10/h2,11H,10H2,1H3. The highest BCUT2D eigenvalue weighted by Crippen LogP contribution is 2.26. The summed E-state index contributed by atoms with van der Waals surface area (Å²) in [6.07, 6.45) is 0. The van der Waals surface area contributed by atoms with Crippen LogP contribution >= 0.6 is 0 Å². The van der Waals surface area contributed by atoms with Crippen LogP contribution in [0.5, 0.6) is 5.75 Å². The number of nitrogens with two attached hydrogens (primary N) is 1. The van der Waals surface area contributed by atoms with Crippen LogP contribution in [0.25, 0.3) is 0 Å². The molecule has 0 saturated carbocycles. The number of nitrogen functional groups attached to an aromatic ring is 1. The number of rotatable bonds is 0. The maximum atomic E-state index is 12.6. The number of aromatic hydroxyl groups is 1. The van der Waals surface area contributed by atoms with Crippen molar-refractivity contribution >= 4 is 5.69 Å².